The number of hydrogen-bond acceptors (Lipinski definition) is 2. The van der Waals surface area contributed by atoms with Crippen molar-refractivity contribution in [2.75, 3.05) is 26.7 Å². The lowest BCUT2D eigenvalue weighted by molar-refractivity contribution is -0.133. The molecule has 2 aromatic rings. The molecule has 146 valence electrons. The quantitative estimate of drug-likeness (QED) is 0.544. The number of carbonyl (C=O) groups is 1. The van der Waals surface area contributed by atoms with Crippen molar-refractivity contribution in [3.8, 4) is 0 Å². The van der Waals surface area contributed by atoms with Crippen LogP contribution in [0.25, 0.3) is 10.9 Å². The van der Waals surface area contributed by atoms with E-state index < -0.39 is 0 Å². The summed E-state index contributed by atoms with van der Waals surface area (Å²) < 4.78 is 0. The third kappa shape index (κ3) is 4.75. The highest BCUT2D eigenvalue weighted by Crippen LogP contribution is 2.22. The summed E-state index contributed by atoms with van der Waals surface area (Å²) in [5.74, 6) is 1.04. The van der Waals surface area contributed by atoms with Gasteiger partial charge in [0.2, 0.25) is 5.91 Å². The Labute approximate surface area is 165 Å². The third-order valence-electron chi connectivity index (χ3n) is 4.97. The van der Waals surface area contributed by atoms with Crippen LogP contribution < -0.4 is 10.6 Å². The van der Waals surface area contributed by atoms with E-state index in [9.17, 15) is 4.79 Å². The number of aliphatic imine (C=N–C) groups is 1. The van der Waals surface area contributed by atoms with Gasteiger partial charge in [0.1, 0.15) is 0 Å². The number of guanidine groups is 1. The lowest BCUT2D eigenvalue weighted by Gasteiger charge is -2.20. The molecule has 0 bridgehead atoms. The molecule has 3 N–H and O–H groups in total. The molecule has 1 unspecified atom stereocenters. The molecule has 0 aliphatic carbocycles. The van der Waals surface area contributed by atoms with Crippen molar-refractivity contribution < 1.29 is 4.79 Å². The normalized spacial score (nSPS) is 17.7. The van der Waals surface area contributed by atoms with Gasteiger partial charge in [-0.1, -0.05) is 25.4 Å². The van der Waals surface area contributed by atoms with E-state index >= 15 is 0 Å². The van der Waals surface area contributed by atoms with E-state index in [-0.39, 0.29) is 17.9 Å². The predicted octanol–water partition coefficient (Wildman–Crippen LogP) is 2.79. The second-order valence-electron chi connectivity index (χ2n) is 7.32. The van der Waals surface area contributed by atoms with E-state index in [1.807, 2.05) is 43.1 Å². The monoisotopic (exact) mass is 389 g/mol. The maximum atomic E-state index is 12.1. The van der Waals surface area contributed by atoms with Gasteiger partial charge in [0.15, 0.2) is 5.96 Å². The number of likely N-dealkylation sites (tertiary alicyclic amines) is 1. The van der Waals surface area contributed by atoms with Gasteiger partial charge < -0.3 is 20.5 Å². The van der Waals surface area contributed by atoms with Crippen molar-refractivity contribution in [3.05, 3.63) is 35.0 Å². The van der Waals surface area contributed by atoms with E-state index in [0.29, 0.717) is 0 Å². The first kappa shape index (κ1) is 19.5. The van der Waals surface area contributed by atoms with E-state index in [4.69, 9.17) is 11.6 Å². The van der Waals surface area contributed by atoms with Crippen LogP contribution in [0.2, 0.25) is 5.02 Å². The molecule has 0 radical (unpaired) electrons. The van der Waals surface area contributed by atoms with E-state index in [2.05, 4.69) is 20.6 Å². The largest absolute Gasteiger partial charge is 0.361 e. The molecule has 1 amide bonds. The maximum absolute atomic E-state index is 12.1. The molecule has 1 atom stereocenters. The number of benzene rings is 1. The van der Waals surface area contributed by atoms with Gasteiger partial charge in [0.05, 0.1) is 0 Å². The van der Waals surface area contributed by atoms with Crippen molar-refractivity contribution in [3.63, 3.8) is 0 Å². The van der Waals surface area contributed by atoms with Crippen molar-refractivity contribution in [1.82, 2.24) is 20.5 Å². The second kappa shape index (κ2) is 8.65. The number of halogens is 1. The highest BCUT2D eigenvalue weighted by molar-refractivity contribution is 6.31. The van der Waals surface area contributed by atoms with Gasteiger partial charge >= 0.3 is 0 Å². The number of rotatable bonds is 5. The summed E-state index contributed by atoms with van der Waals surface area (Å²) in [4.78, 5) is 21.7. The summed E-state index contributed by atoms with van der Waals surface area (Å²) in [6, 6.07) is 6.13. The van der Waals surface area contributed by atoms with Gasteiger partial charge in [0.25, 0.3) is 0 Å². The molecule has 0 spiro atoms. The third-order valence-corrected chi connectivity index (χ3v) is 5.21. The Balaban J connectivity index is 1.50. The minimum Gasteiger partial charge on any atom is -0.361 e. The van der Waals surface area contributed by atoms with Crippen molar-refractivity contribution in [2.45, 2.75) is 32.7 Å². The average Bonchev–Trinajstić information content (AvgIpc) is 3.27. The minimum absolute atomic E-state index is 0.0471. The lowest BCUT2D eigenvalue weighted by Crippen LogP contribution is -2.45. The number of fused-ring (bicyclic) bond motifs is 1. The van der Waals surface area contributed by atoms with Crippen LogP contribution in [0.4, 0.5) is 0 Å². The summed E-state index contributed by atoms with van der Waals surface area (Å²) >= 11 is 6.12. The lowest BCUT2D eigenvalue weighted by atomic mass is 10.1. The van der Waals surface area contributed by atoms with Crippen molar-refractivity contribution in [1.29, 1.82) is 0 Å². The summed E-state index contributed by atoms with van der Waals surface area (Å²) in [5, 5.41) is 8.71. The fourth-order valence-corrected chi connectivity index (χ4v) is 3.68. The number of nitrogens with one attached hydrogen (secondary N) is 3. The van der Waals surface area contributed by atoms with Gasteiger partial charge in [-0.3, -0.25) is 9.79 Å². The maximum Gasteiger partial charge on any atom is 0.225 e. The molecule has 1 fully saturated rings. The molecular formula is C20H28ClN5O. The zero-order valence-electron chi connectivity index (χ0n) is 16.2. The number of amides is 1. The van der Waals surface area contributed by atoms with Crippen LogP contribution in [0.5, 0.6) is 0 Å². The molecule has 1 aliphatic heterocycles. The Morgan fingerprint density at radius 3 is 3.00 bits per heavy atom. The van der Waals surface area contributed by atoms with Gasteiger partial charge in [-0.25, -0.2) is 0 Å². The number of nitrogens with zero attached hydrogens (tertiary/aromatic N) is 2. The summed E-state index contributed by atoms with van der Waals surface area (Å²) in [5.41, 5.74) is 2.32. The Morgan fingerprint density at radius 1 is 1.44 bits per heavy atom. The Kier molecular flexibility index (Phi) is 6.26. The Morgan fingerprint density at radius 2 is 2.26 bits per heavy atom. The second-order valence-corrected chi connectivity index (χ2v) is 7.76. The standard InChI is InChI=1S/C20H28ClN5O/c1-13(2)19(27)26-9-7-16(12-26)25-20(22-3)23-8-6-14-11-24-18-5-4-15(21)10-17(14)18/h4-5,10-11,13,16,24H,6-9,12H2,1-3H3,(H2,22,23,25). The molecule has 3 rings (SSSR count). The molecular weight excluding hydrogens is 362 g/mol. The first-order valence-electron chi connectivity index (χ1n) is 9.49. The number of carbonyl (C=O) groups excluding carboxylic acids is 1. The minimum atomic E-state index is 0.0471. The number of H-pyrrole nitrogens is 1. The Bertz CT molecular complexity index is 829. The van der Waals surface area contributed by atoms with Crippen LogP contribution in [0.3, 0.4) is 0 Å². The zero-order valence-corrected chi connectivity index (χ0v) is 16.9. The van der Waals surface area contributed by atoms with Gasteiger partial charge in [-0.05, 0) is 36.6 Å². The highest BCUT2D eigenvalue weighted by atomic mass is 35.5. The predicted molar refractivity (Wildman–Crippen MR) is 111 cm³/mol. The zero-order chi connectivity index (χ0) is 19.4. The van der Waals surface area contributed by atoms with E-state index in [1.165, 1.54) is 5.56 Å². The summed E-state index contributed by atoms with van der Waals surface area (Å²) in [6.07, 6.45) is 3.84. The number of aromatic amines is 1. The fraction of sp³-hybridized carbons (Fsp3) is 0.500. The number of hydrogen-bond donors (Lipinski definition) is 3. The molecule has 1 saturated heterocycles. The van der Waals surface area contributed by atoms with Crippen molar-refractivity contribution >= 4 is 34.4 Å². The molecule has 1 aromatic carbocycles. The van der Waals surface area contributed by atoms with Gasteiger partial charge in [-0.2, -0.15) is 0 Å². The molecule has 7 heteroatoms. The molecule has 1 aliphatic rings. The van der Waals surface area contributed by atoms with E-state index in [1.54, 1.807) is 7.05 Å². The highest BCUT2D eigenvalue weighted by Gasteiger charge is 2.27. The first-order chi connectivity index (χ1) is 13.0. The van der Waals surface area contributed by atoms with Crippen LogP contribution in [-0.2, 0) is 11.2 Å². The molecule has 27 heavy (non-hydrogen) atoms. The van der Waals surface area contributed by atoms with Crippen LogP contribution >= 0.6 is 11.6 Å². The van der Waals surface area contributed by atoms with Crippen LogP contribution in [0, 0.1) is 5.92 Å². The van der Waals surface area contributed by atoms with Gasteiger partial charge in [0, 0.05) is 60.8 Å². The van der Waals surface area contributed by atoms with Crippen molar-refractivity contribution in [2.24, 2.45) is 10.9 Å². The molecule has 1 aromatic heterocycles. The Hall–Kier alpha value is -2.21. The summed E-state index contributed by atoms with van der Waals surface area (Å²) in [7, 11) is 1.77. The van der Waals surface area contributed by atoms with Gasteiger partial charge in [-0.15, -0.1) is 0 Å². The SMILES string of the molecule is CN=C(NCCc1c[nH]c2ccc(Cl)cc12)NC1CCN(C(=O)C(C)C)C1. The summed E-state index contributed by atoms with van der Waals surface area (Å²) in [6.45, 7) is 6.20. The molecule has 0 saturated carbocycles. The van der Waals surface area contributed by atoms with Crippen LogP contribution in [0.15, 0.2) is 29.4 Å². The first-order valence-corrected chi connectivity index (χ1v) is 9.87. The smallest absolute Gasteiger partial charge is 0.225 e. The van der Waals surface area contributed by atoms with Crippen LogP contribution in [0.1, 0.15) is 25.8 Å². The topological polar surface area (TPSA) is 72.5 Å². The molecule has 2 heterocycles. The van der Waals surface area contributed by atoms with E-state index in [0.717, 1.165) is 54.4 Å². The number of aromatic nitrogens is 1. The average molecular weight is 390 g/mol. The van der Waals surface area contributed by atoms with Crippen LogP contribution in [-0.4, -0.2) is 54.5 Å². The molecule has 6 nitrogen and oxygen atoms in total. The fourth-order valence-electron chi connectivity index (χ4n) is 3.50.